The first-order valence-corrected chi connectivity index (χ1v) is 9.35. The largest absolute Gasteiger partial charge is 0.491 e. The van der Waals surface area contributed by atoms with Crippen LogP contribution in [0.2, 0.25) is 0 Å². The van der Waals surface area contributed by atoms with Crippen molar-refractivity contribution in [2.24, 2.45) is 5.73 Å². The summed E-state index contributed by atoms with van der Waals surface area (Å²) in [5.41, 5.74) is 8.74. The molecule has 3 N–H and O–H groups in total. The summed E-state index contributed by atoms with van der Waals surface area (Å²) in [4.78, 5) is 14.8. The highest BCUT2D eigenvalue weighted by atomic mass is 16.5. The zero-order valence-corrected chi connectivity index (χ0v) is 14.9. The molecule has 1 aliphatic carbocycles. The number of fused-ring (bicyclic) bond motifs is 1. The second kappa shape index (κ2) is 9.17. The maximum absolute atomic E-state index is 12.5. The van der Waals surface area contributed by atoms with E-state index < -0.39 is 0 Å². The van der Waals surface area contributed by atoms with Crippen LogP contribution < -0.4 is 15.8 Å². The summed E-state index contributed by atoms with van der Waals surface area (Å²) in [7, 11) is 0. The van der Waals surface area contributed by atoms with Crippen LogP contribution in [0.5, 0.6) is 5.75 Å². The van der Waals surface area contributed by atoms with Crippen LogP contribution in [0.3, 0.4) is 0 Å². The maximum Gasteiger partial charge on any atom is 0.255 e. The van der Waals surface area contributed by atoms with E-state index in [9.17, 15) is 4.79 Å². The van der Waals surface area contributed by atoms with E-state index in [-0.39, 0.29) is 5.91 Å². The lowest BCUT2D eigenvalue weighted by Crippen LogP contribution is -2.38. The molecule has 2 aliphatic rings. The first-order valence-electron chi connectivity index (χ1n) is 9.35. The van der Waals surface area contributed by atoms with Gasteiger partial charge in [0.25, 0.3) is 5.91 Å². The SMILES string of the molecule is NCCNC(=O)c1cc2c(cc1OCCN1CCOCC1)CCCC2. The summed E-state index contributed by atoms with van der Waals surface area (Å²) < 4.78 is 11.4. The monoisotopic (exact) mass is 347 g/mol. The van der Waals surface area contributed by atoms with Crippen LogP contribution in [0.4, 0.5) is 0 Å². The standard InChI is InChI=1S/C19H29N3O3/c20-5-6-21-19(23)17-13-15-3-1-2-4-16(15)14-18(17)25-12-9-22-7-10-24-11-8-22/h13-14H,1-12,20H2,(H,21,23). The molecule has 0 bridgehead atoms. The number of rotatable bonds is 7. The smallest absolute Gasteiger partial charge is 0.255 e. The van der Waals surface area contributed by atoms with Crippen molar-refractivity contribution in [3.63, 3.8) is 0 Å². The fourth-order valence-corrected chi connectivity index (χ4v) is 3.45. The van der Waals surface area contributed by atoms with Gasteiger partial charge < -0.3 is 20.5 Å². The van der Waals surface area contributed by atoms with Crippen LogP contribution in [0.25, 0.3) is 0 Å². The molecule has 0 atom stereocenters. The lowest BCUT2D eigenvalue weighted by atomic mass is 9.90. The molecule has 1 heterocycles. The molecule has 1 aromatic carbocycles. The van der Waals surface area contributed by atoms with Gasteiger partial charge in [0.2, 0.25) is 0 Å². The summed E-state index contributed by atoms with van der Waals surface area (Å²) in [6.07, 6.45) is 4.51. The number of nitrogens with one attached hydrogen (secondary N) is 1. The summed E-state index contributed by atoms with van der Waals surface area (Å²) in [6, 6.07) is 4.09. The molecule has 6 nitrogen and oxygen atoms in total. The topological polar surface area (TPSA) is 76.8 Å². The van der Waals surface area contributed by atoms with E-state index in [1.165, 1.54) is 24.0 Å². The third-order valence-corrected chi connectivity index (χ3v) is 4.89. The van der Waals surface area contributed by atoms with E-state index in [0.29, 0.717) is 31.0 Å². The molecule has 0 unspecified atom stereocenters. The van der Waals surface area contributed by atoms with Crippen molar-refractivity contribution in [1.82, 2.24) is 10.2 Å². The Labute approximate surface area is 149 Å². The second-order valence-corrected chi connectivity index (χ2v) is 6.67. The summed E-state index contributed by atoms with van der Waals surface area (Å²) >= 11 is 0. The molecule has 0 radical (unpaired) electrons. The molecule has 25 heavy (non-hydrogen) atoms. The number of hydrogen-bond acceptors (Lipinski definition) is 5. The van der Waals surface area contributed by atoms with E-state index in [2.05, 4.69) is 16.3 Å². The van der Waals surface area contributed by atoms with Crippen LogP contribution >= 0.6 is 0 Å². The van der Waals surface area contributed by atoms with E-state index >= 15 is 0 Å². The number of carbonyl (C=O) groups excluding carboxylic acids is 1. The van der Waals surface area contributed by atoms with Gasteiger partial charge in [0.1, 0.15) is 12.4 Å². The van der Waals surface area contributed by atoms with Crippen LogP contribution in [0.15, 0.2) is 12.1 Å². The zero-order chi connectivity index (χ0) is 17.5. The Morgan fingerprint density at radius 3 is 2.64 bits per heavy atom. The van der Waals surface area contributed by atoms with E-state index in [4.69, 9.17) is 15.2 Å². The maximum atomic E-state index is 12.5. The quantitative estimate of drug-likeness (QED) is 0.768. The molecule has 138 valence electrons. The van der Waals surface area contributed by atoms with Crippen LogP contribution in [-0.2, 0) is 17.6 Å². The molecule has 6 heteroatoms. The number of benzene rings is 1. The molecular weight excluding hydrogens is 318 g/mol. The third-order valence-electron chi connectivity index (χ3n) is 4.89. The Hall–Kier alpha value is -1.63. The molecule has 0 spiro atoms. The van der Waals surface area contributed by atoms with Crippen LogP contribution in [0.1, 0.15) is 34.3 Å². The van der Waals surface area contributed by atoms with E-state index in [1.807, 2.05) is 6.07 Å². The van der Waals surface area contributed by atoms with Crippen molar-refractivity contribution in [3.8, 4) is 5.75 Å². The molecule has 0 aromatic heterocycles. The average molecular weight is 347 g/mol. The number of carbonyl (C=O) groups is 1. The Bertz CT molecular complexity index is 586. The predicted molar refractivity (Wildman–Crippen MR) is 97.2 cm³/mol. The van der Waals surface area contributed by atoms with Crippen molar-refractivity contribution in [1.29, 1.82) is 0 Å². The number of morpholine rings is 1. The second-order valence-electron chi connectivity index (χ2n) is 6.67. The van der Waals surface area contributed by atoms with Crippen molar-refractivity contribution < 1.29 is 14.3 Å². The molecule has 3 rings (SSSR count). The third kappa shape index (κ3) is 4.93. The lowest BCUT2D eigenvalue weighted by Gasteiger charge is -2.26. The first-order chi connectivity index (χ1) is 12.3. The van der Waals surface area contributed by atoms with E-state index in [1.54, 1.807) is 0 Å². The van der Waals surface area contributed by atoms with Gasteiger partial charge >= 0.3 is 0 Å². The minimum absolute atomic E-state index is 0.0970. The first kappa shape index (κ1) is 18.2. The molecule has 1 saturated heterocycles. The lowest BCUT2D eigenvalue weighted by molar-refractivity contribution is 0.0322. The van der Waals surface area contributed by atoms with Crippen molar-refractivity contribution in [2.45, 2.75) is 25.7 Å². The van der Waals surface area contributed by atoms with Gasteiger partial charge in [0, 0.05) is 32.7 Å². The van der Waals surface area contributed by atoms with Gasteiger partial charge in [-0.05, 0) is 48.9 Å². The zero-order valence-electron chi connectivity index (χ0n) is 14.9. The van der Waals surface area contributed by atoms with Crippen molar-refractivity contribution in [2.75, 3.05) is 52.5 Å². The van der Waals surface area contributed by atoms with Gasteiger partial charge in [0.15, 0.2) is 0 Å². The Balaban J connectivity index is 1.69. The molecule has 1 amide bonds. The van der Waals surface area contributed by atoms with Gasteiger partial charge in [-0.25, -0.2) is 0 Å². The highest BCUT2D eigenvalue weighted by molar-refractivity contribution is 5.97. The van der Waals surface area contributed by atoms with Gasteiger partial charge in [-0.3, -0.25) is 9.69 Å². The Kier molecular flexibility index (Phi) is 6.67. The molecule has 0 saturated carbocycles. The number of ether oxygens (including phenoxy) is 2. The van der Waals surface area contributed by atoms with Gasteiger partial charge in [-0.1, -0.05) is 0 Å². The van der Waals surface area contributed by atoms with Gasteiger partial charge in [-0.15, -0.1) is 0 Å². The van der Waals surface area contributed by atoms with Crippen LogP contribution in [0, 0.1) is 0 Å². The van der Waals surface area contributed by atoms with Crippen molar-refractivity contribution >= 4 is 5.91 Å². The van der Waals surface area contributed by atoms with Gasteiger partial charge in [-0.2, -0.15) is 0 Å². The summed E-state index contributed by atoms with van der Waals surface area (Å²) in [5.74, 6) is 0.601. The average Bonchev–Trinajstić information content (AvgIpc) is 2.66. The molecule has 1 aliphatic heterocycles. The number of amides is 1. The molecule has 1 fully saturated rings. The normalized spacial score (nSPS) is 17.8. The van der Waals surface area contributed by atoms with E-state index in [0.717, 1.165) is 45.7 Å². The predicted octanol–water partition coefficient (Wildman–Crippen LogP) is 0.965. The minimum Gasteiger partial charge on any atom is -0.491 e. The molecular formula is C19H29N3O3. The highest BCUT2D eigenvalue weighted by Gasteiger charge is 2.19. The Morgan fingerprint density at radius 2 is 1.92 bits per heavy atom. The Morgan fingerprint density at radius 1 is 1.20 bits per heavy atom. The minimum atomic E-state index is -0.0970. The van der Waals surface area contributed by atoms with Crippen molar-refractivity contribution in [3.05, 3.63) is 28.8 Å². The number of nitrogens with zero attached hydrogens (tertiary/aromatic N) is 1. The fraction of sp³-hybridized carbons (Fsp3) is 0.632. The number of nitrogens with two attached hydrogens (primary N) is 1. The highest BCUT2D eigenvalue weighted by Crippen LogP contribution is 2.29. The molecule has 1 aromatic rings. The number of hydrogen-bond donors (Lipinski definition) is 2. The fourth-order valence-electron chi connectivity index (χ4n) is 3.45. The van der Waals surface area contributed by atoms with Crippen LogP contribution in [-0.4, -0.2) is 63.4 Å². The summed E-state index contributed by atoms with van der Waals surface area (Å²) in [6.45, 7) is 5.79. The van der Waals surface area contributed by atoms with Gasteiger partial charge in [0.05, 0.1) is 18.8 Å². The number of aryl methyl sites for hydroxylation is 2. The summed E-state index contributed by atoms with van der Waals surface area (Å²) in [5, 5.41) is 2.86.